The van der Waals surface area contributed by atoms with Crippen molar-refractivity contribution in [2.75, 3.05) is 11.1 Å². The van der Waals surface area contributed by atoms with Gasteiger partial charge in [-0.05, 0) is 19.9 Å². The van der Waals surface area contributed by atoms with E-state index < -0.39 is 0 Å². The zero-order chi connectivity index (χ0) is 16.4. The van der Waals surface area contributed by atoms with E-state index >= 15 is 0 Å². The lowest BCUT2D eigenvalue weighted by atomic mass is 10.2. The van der Waals surface area contributed by atoms with Crippen LogP contribution in [0.25, 0.3) is 10.9 Å². The molecular weight excluding hydrogens is 310 g/mol. The number of anilines is 1. The first-order chi connectivity index (χ1) is 11.0. The summed E-state index contributed by atoms with van der Waals surface area (Å²) >= 11 is 1.52. The van der Waals surface area contributed by atoms with Crippen LogP contribution in [0.4, 0.5) is 5.82 Å². The normalized spacial score (nSPS) is 11.3. The third kappa shape index (κ3) is 3.39. The summed E-state index contributed by atoms with van der Waals surface area (Å²) in [5.74, 6) is 0.740. The van der Waals surface area contributed by atoms with Crippen molar-refractivity contribution < 1.29 is 4.79 Å². The Hall–Kier alpha value is -2.28. The Morgan fingerprint density at radius 2 is 2.13 bits per heavy atom. The zero-order valence-corrected chi connectivity index (χ0v) is 14.2. The van der Waals surface area contributed by atoms with E-state index in [0.29, 0.717) is 11.6 Å². The number of rotatable bonds is 5. The summed E-state index contributed by atoms with van der Waals surface area (Å²) in [4.78, 5) is 14.8. The number of hydrogen-bond acceptors (Lipinski definition) is 4. The molecule has 7 heteroatoms. The number of benzene rings is 1. The second-order valence-electron chi connectivity index (χ2n) is 5.60. The van der Waals surface area contributed by atoms with Crippen molar-refractivity contribution in [2.45, 2.75) is 24.8 Å². The number of fused-ring (bicyclic) bond motifs is 1. The fourth-order valence-corrected chi connectivity index (χ4v) is 3.24. The molecule has 0 fully saturated rings. The lowest BCUT2D eigenvalue weighted by Gasteiger charge is -2.03. The van der Waals surface area contributed by atoms with E-state index in [4.69, 9.17) is 0 Å². The second kappa shape index (κ2) is 6.45. The van der Waals surface area contributed by atoms with Crippen molar-refractivity contribution in [1.82, 2.24) is 19.6 Å². The predicted molar refractivity (Wildman–Crippen MR) is 92.7 cm³/mol. The average molecular weight is 329 g/mol. The van der Waals surface area contributed by atoms with Crippen molar-refractivity contribution in [3.05, 3.63) is 36.7 Å². The SMILES string of the molecule is CC(C)n1ncc(NC(=O)CSc2cn(C)c3ccccc23)n1. The van der Waals surface area contributed by atoms with Crippen LogP contribution in [0.5, 0.6) is 0 Å². The molecule has 0 aliphatic carbocycles. The van der Waals surface area contributed by atoms with Gasteiger partial charge in [0.05, 0.1) is 18.0 Å². The number of para-hydroxylation sites is 1. The van der Waals surface area contributed by atoms with Gasteiger partial charge in [0.2, 0.25) is 5.91 Å². The molecular formula is C16H19N5OS. The van der Waals surface area contributed by atoms with E-state index in [2.05, 4.69) is 38.4 Å². The molecule has 23 heavy (non-hydrogen) atoms. The maximum atomic E-state index is 12.1. The van der Waals surface area contributed by atoms with Crippen LogP contribution in [0.2, 0.25) is 0 Å². The standard InChI is InChI=1S/C16H19N5OS/c1-11(2)21-17-8-15(19-21)18-16(22)10-23-14-9-20(3)13-7-5-4-6-12(13)14/h4-9,11H,10H2,1-3H3,(H,18,19,22). The Kier molecular flexibility index (Phi) is 4.38. The third-order valence-electron chi connectivity index (χ3n) is 3.46. The largest absolute Gasteiger partial charge is 0.349 e. The molecule has 0 bridgehead atoms. The van der Waals surface area contributed by atoms with Crippen molar-refractivity contribution in [3.8, 4) is 0 Å². The fraction of sp³-hybridized carbons (Fsp3) is 0.312. The Bertz CT molecular complexity index is 836. The maximum Gasteiger partial charge on any atom is 0.235 e. The molecule has 2 aromatic heterocycles. The fourth-order valence-electron chi connectivity index (χ4n) is 2.32. The molecule has 1 amide bonds. The highest BCUT2D eigenvalue weighted by Crippen LogP contribution is 2.29. The monoisotopic (exact) mass is 329 g/mol. The van der Waals surface area contributed by atoms with Gasteiger partial charge < -0.3 is 9.88 Å². The number of thioether (sulfide) groups is 1. The number of hydrogen-bond donors (Lipinski definition) is 1. The first-order valence-corrected chi connectivity index (χ1v) is 8.41. The lowest BCUT2D eigenvalue weighted by molar-refractivity contribution is -0.113. The molecule has 0 aliphatic rings. The highest BCUT2D eigenvalue weighted by molar-refractivity contribution is 8.00. The van der Waals surface area contributed by atoms with Gasteiger partial charge in [0.15, 0.2) is 5.82 Å². The van der Waals surface area contributed by atoms with E-state index in [0.717, 1.165) is 10.4 Å². The summed E-state index contributed by atoms with van der Waals surface area (Å²) in [6.45, 7) is 3.98. The number of carbonyl (C=O) groups excluding carboxylic acids is 1. The van der Waals surface area contributed by atoms with Gasteiger partial charge >= 0.3 is 0 Å². The highest BCUT2D eigenvalue weighted by Gasteiger charge is 2.11. The van der Waals surface area contributed by atoms with Gasteiger partial charge in [-0.1, -0.05) is 18.2 Å². The van der Waals surface area contributed by atoms with Gasteiger partial charge in [-0.15, -0.1) is 16.9 Å². The molecule has 6 nitrogen and oxygen atoms in total. The molecule has 3 rings (SSSR count). The number of aryl methyl sites for hydroxylation is 1. The zero-order valence-electron chi connectivity index (χ0n) is 13.4. The molecule has 0 unspecified atom stereocenters. The van der Waals surface area contributed by atoms with Crippen LogP contribution in [0.1, 0.15) is 19.9 Å². The Morgan fingerprint density at radius 1 is 1.35 bits per heavy atom. The average Bonchev–Trinajstić information content (AvgIpc) is 3.11. The topological polar surface area (TPSA) is 64.7 Å². The molecule has 1 N–H and O–H groups in total. The second-order valence-corrected chi connectivity index (χ2v) is 6.62. The van der Waals surface area contributed by atoms with Crippen molar-refractivity contribution in [1.29, 1.82) is 0 Å². The van der Waals surface area contributed by atoms with Crippen LogP contribution in [-0.4, -0.2) is 31.2 Å². The summed E-state index contributed by atoms with van der Waals surface area (Å²) in [5.41, 5.74) is 1.16. The van der Waals surface area contributed by atoms with Crippen molar-refractivity contribution in [3.63, 3.8) is 0 Å². The van der Waals surface area contributed by atoms with E-state index in [1.165, 1.54) is 17.1 Å². The van der Waals surface area contributed by atoms with Crippen LogP contribution >= 0.6 is 11.8 Å². The summed E-state index contributed by atoms with van der Waals surface area (Å²) < 4.78 is 2.07. The molecule has 0 saturated carbocycles. The van der Waals surface area contributed by atoms with Gasteiger partial charge in [0.1, 0.15) is 0 Å². The van der Waals surface area contributed by atoms with E-state index in [9.17, 15) is 4.79 Å². The van der Waals surface area contributed by atoms with Crippen LogP contribution < -0.4 is 5.32 Å². The molecule has 120 valence electrons. The molecule has 2 heterocycles. The van der Waals surface area contributed by atoms with Gasteiger partial charge in [-0.2, -0.15) is 9.90 Å². The number of nitrogens with zero attached hydrogens (tertiary/aromatic N) is 4. The molecule has 0 atom stereocenters. The molecule has 0 saturated heterocycles. The van der Waals surface area contributed by atoms with Crippen LogP contribution in [0.15, 0.2) is 41.6 Å². The Balaban J connectivity index is 1.64. The quantitative estimate of drug-likeness (QED) is 0.731. The van der Waals surface area contributed by atoms with Crippen molar-refractivity contribution >= 4 is 34.4 Å². The lowest BCUT2D eigenvalue weighted by Crippen LogP contribution is -2.15. The number of carbonyl (C=O) groups is 1. The minimum atomic E-state index is -0.0845. The summed E-state index contributed by atoms with van der Waals surface area (Å²) in [7, 11) is 2.01. The minimum Gasteiger partial charge on any atom is -0.349 e. The van der Waals surface area contributed by atoms with Crippen LogP contribution in [0, 0.1) is 0 Å². The van der Waals surface area contributed by atoms with Crippen molar-refractivity contribution in [2.24, 2.45) is 7.05 Å². The maximum absolute atomic E-state index is 12.1. The first kappa shape index (κ1) is 15.6. The molecule has 1 aromatic carbocycles. The van der Waals surface area contributed by atoms with Gasteiger partial charge in [-0.3, -0.25) is 4.79 Å². The highest BCUT2D eigenvalue weighted by atomic mass is 32.2. The van der Waals surface area contributed by atoms with Gasteiger partial charge in [0.25, 0.3) is 0 Å². The Morgan fingerprint density at radius 3 is 2.87 bits per heavy atom. The van der Waals surface area contributed by atoms with Crippen LogP contribution in [-0.2, 0) is 11.8 Å². The smallest absolute Gasteiger partial charge is 0.235 e. The Labute approximate surface area is 138 Å². The summed E-state index contributed by atoms with van der Waals surface area (Å²) in [5, 5.41) is 12.3. The third-order valence-corrected chi connectivity index (χ3v) is 4.50. The van der Waals surface area contributed by atoms with E-state index in [1.807, 2.05) is 33.0 Å². The predicted octanol–water partition coefficient (Wildman–Crippen LogP) is 3.08. The minimum absolute atomic E-state index is 0.0845. The first-order valence-electron chi connectivity index (χ1n) is 7.43. The summed E-state index contributed by atoms with van der Waals surface area (Å²) in [6.07, 6.45) is 3.62. The molecule has 0 aliphatic heterocycles. The number of nitrogens with one attached hydrogen (secondary N) is 1. The molecule has 0 radical (unpaired) electrons. The number of amides is 1. The van der Waals surface area contributed by atoms with Crippen LogP contribution in [0.3, 0.4) is 0 Å². The number of aromatic nitrogens is 4. The molecule has 3 aromatic rings. The summed E-state index contributed by atoms with van der Waals surface area (Å²) in [6, 6.07) is 8.34. The van der Waals surface area contributed by atoms with Gasteiger partial charge in [0, 0.05) is 29.0 Å². The van der Waals surface area contributed by atoms with Gasteiger partial charge in [-0.25, -0.2) is 0 Å². The van der Waals surface area contributed by atoms with E-state index in [1.54, 1.807) is 11.0 Å². The molecule has 0 spiro atoms. The van der Waals surface area contributed by atoms with E-state index in [-0.39, 0.29) is 11.9 Å².